The minimum atomic E-state index is -1.59. The normalized spacial score (nSPS) is 11.9. The molecule has 8 nitrogen and oxygen atoms in total. The fourth-order valence-corrected chi connectivity index (χ4v) is 6.02. The zero-order chi connectivity index (χ0) is 26.9. The number of carbonyl (C=O) groups is 2. The highest BCUT2D eigenvalue weighted by Crippen LogP contribution is 2.34. The number of fused-ring (bicyclic) bond motifs is 1. The summed E-state index contributed by atoms with van der Waals surface area (Å²) in [5, 5.41) is 13.3. The van der Waals surface area contributed by atoms with Crippen molar-refractivity contribution in [2.75, 3.05) is 12.4 Å². The molecule has 10 heteroatoms. The summed E-state index contributed by atoms with van der Waals surface area (Å²) in [5.41, 5.74) is 3.92. The van der Waals surface area contributed by atoms with E-state index < -0.39 is 22.7 Å². The molecule has 37 heavy (non-hydrogen) atoms. The van der Waals surface area contributed by atoms with Gasteiger partial charge in [-0.1, -0.05) is 23.7 Å². The van der Waals surface area contributed by atoms with Gasteiger partial charge in [0.15, 0.2) is 5.16 Å². The lowest BCUT2D eigenvalue weighted by Crippen LogP contribution is -2.18. The molecule has 1 unspecified atom stereocenters. The lowest BCUT2D eigenvalue weighted by Gasteiger charge is -2.19. The molecule has 4 aromatic rings. The van der Waals surface area contributed by atoms with Crippen LogP contribution in [0.4, 0.5) is 5.69 Å². The summed E-state index contributed by atoms with van der Waals surface area (Å²) in [4.78, 5) is 29.4. The minimum Gasteiger partial charge on any atom is -0.496 e. The Morgan fingerprint density at radius 1 is 1.14 bits per heavy atom. The van der Waals surface area contributed by atoms with Crippen molar-refractivity contribution in [2.45, 2.75) is 38.2 Å². The molecule has 4 rings (SSSR count). The largest absolute Gasteiger partial charge is 0.496 e. The molecule has 0 fully saturated rings. The maximum absolute atomic E-state index is 13.7. The molecule has 1 aromatic heterocycles. The molecule has 0 spiro atoms. The topological polar surface area (TPSA) is 111 Å². The van der Waals surface area contributed by atoms with Gasteiger partial charge in [-0.2, -0.15) is 0 Å². The van der Waals surface area contributed by atoms with Gasteiger partial charge in [-0.05, 0) is 73.9 Å². The highest BCUT2D eigenvalue weighted by molar-refractivity contribution is 7.84. The maximum atomic E-state index is 13.7. The van der Waals surface area contributed by atoms with E-state index in [9.17, 15) is 18.9 Å². The second-order valence-electron chi connectivity index (χ2n) is 8.44. The number of hydrogen-bond donors (Lipinski definition) is 2. The summed E-state index contributed by atoms with van der Waals surface area (Å²) >= 11 is 6.18. The van der Waals surface area contributed by atoms with Crippen LogP contribution in [-0.4, -0.2) is 37.9 Å². The van der Waals surface area contributed by atoms with Gasteiger partial charge in [0.2, 0.25) is 0 Å². The quantitative estimate of drug-likeness (QED) is 0.302. The van der Waals surface area contributed by atoms with Crippen LogP contribution in [0.25, 0.3) is 11.0 Å². The number of methoxy groups -OCH3 is 1. The second-order valence-corrected chi connectivity index (χ2v) is 10.2. The lowest BCUT2D eigenvalue weighted by molar-refractivity contribution is 0.0692. The Morgan fingerprint density at radius 2 is 1.84 bits per heavy atom. The molecule has 1 atom stereocenters. The Kier molecular flexibility index (Phi) is 7.65. The number of ether oxygens (including phenoxy) is 1. The predicted molar refractivity (Wildman–Crippen MR) is 144 cm³/mol. The predicted octanol–water partition coefficient (Wildman–Crippen LogP) is 5.59. The maximum Gasteiger partial charge on any atom is 0.336 e. The van der Waals surface area contributed by atoms with Crippen LogP contribution >= 0.6 is 11.6 Å². The van der Waals surface area contributed by atoms with Crippen molar-refractivity contribution in [1.29, 1.82) is 0 Å². The number of benzene rings is 3. The third-order valence-electron chi connectivity index (χ3n) is 6.16. The Labute approximate surface area is 221 Å². The molecule has 0 aliphatic rings. The average Bonchev–Trinajstić information content (AvgIpc) is 3.24. The number of aromatic nitrogens is 2. The summed E-state index contributed by atoms with van der Waals surface area (Å²) < 4.78 is 21.1. The van der Waals surface area contributed by atoms with Gasteiger partial charge in [0, 0.05) is 17.3 Å². The molecule has 1 amide bonds. The molecule has 192 valence electrons. The second kappa shape index (κ2) is 10.7. The molecule has 0 radical (unpaired) electrons. The van der Waals surface area contributed by atoms with Crippen molar-refractivity contribution < 1.29 is 23.6 Å². The van der Waals surface area contributed by atoms with E-state index in [4.69, 9.17) is 16.3 Å². The Hall–Kier alpha value is -3.69. The van der Waals surface area contributed by atoms with E-state index in [1.54, 1.807) is 43.5 Å². The van der Waals surface area contributed by atoms with Gasteiger partial charge >= 0.3 is 5.97 Å². The number of carbonyl (C=O) groups excluding carboxylic acids is 1. The molecule has 0 saturated heterocycles. The molecule has 0 aliphatic heterocycles. The van der Waals surface area contributed by atoms with Gasteiger partial charge in [0.25, 0.3) is 5.91 Å². The van der Waals surface area contributed by atoms with Crippen molar-refractivity contribution in [3.05, 3.63) is 81.4 Å². The van der Waals surface area contributed by atoms with Crippen LogP contribution < -0.4 is 10.1 Å². The number of carboxylic acids is 1. The van der Waals surface area contributed by atoms with E-state index in [1.165, 1.54) is 12.1 Å². The zero-order valence-corrected chi connectivity index (χ0v) is 22.4. The SMILES string of the molecule is CCn1c(S(=O)Cc2c(NC(=O)c3ccccc3C(=O)O)cc(C)c(OC)c2C)nc2ccc(Cl)cc21. The number of amides is 1. The van der Waals surface area contributed by atoms with Crippen molar-refractivity contribution in [1.82, 2.24) is 9.55 Å². The van der Waals surface area contributed by atoms with E-state index in [2.05, 4.69) is 10.3 Å². The van der Waals surface area contributed by atoms with Crippen LogP contribution in [0.1, 0.15) is 44.3 Å². The van der Waals surface area contributed by atoms with Gasteiger partial charge in [0.05, 0.1) is 45.8 Å². The van der Waals surface area contributed by atoms with Crippen molar-refractivity contribution in [3.63, 3.8) is 0 Å². The van der Waals surface area contributed by atoms with Crippen LogP contribution in [0.15, 0.2) is 53.7 Å². The van der Waals surface area contributed by atoms with Crippen LogP contribution in [0.2, 0.25) is 5.02 Å². The van der Waals surface area contributed by atoms with E-state index in [-0.39, 0.29) is 16.9 Å². The number of carboxylic acid groups (broad SMARTS) is 1. The number of aromatic carboxylic acids is 1. The van der Waals surface area contributed by atoms with Crippen LogP contribution in [0.5, 0.6) is 5.75 Å². The number of halogens is 1. The first kappa shape index (κ1) is 26.4. The van der Waals surface area contributed by atoms with E-state index in [0.29, 0.717) is 39.2 Å². The monoisotopic (exact) mass is 539 g/mol. The summed E-state index contributed by atoms with van der Waals surface area (Å²) in [6.07, 6.45) is 0. The smallest absolute Gasteiger partial charge is 0.336 e. The Bertz CT molecular complexity index is 1560. The number of aryl methyl sites for hydroxylation is 2. The Balaban J connectivity index is 1.77. The van der Waals surface area contributed by atoms with Gasteiger partial charge in [-0.15, -0.1) is 0 Å². The highest BCUT2D eigenvalue weighted by atomic mass is 35.5. The molecule has 1 heterocycles. The van der Waals surface area contributed by atoms with Gasteiger partial charge in [0.1, 0.15) is 5.75 Å². The first-order valence-electron chi connectivity index (χ1n) is 11.5. The van der Waals surface area contributed by atoms with E-state index in [0.717, 1.165) is 16.6 Å². The van der Waals surface area contributed by atoms with Gasteiger partial charge < -0.3 is 19.7 Å². The summed E-state index contributed by atoms with van der Waals surface area (Å²) in [7, 11) is -0.0325. The summed E-state index contributed by atoms with van der Waals surface area (Å²) in [6, 6.07) is 13.0. The Morgan fingerprint density at radius 3 is 2.49 bits per heavy atom. The molecule has 2 N–H and O–H groups in total. The van der Waals surface area contributed by atoms with Crippen molar-refractivity contribution in [3.8, 4) is 5.75 Å². The number of hydrogen-bond acceptors (Lipinski definition) is 5. The minimum absolute atomic E-state index is 0.0258. The fraction of sp³-hybridized carbons (Fsp3) is 0.222. The first-order valence-corrected chi connectivity index (χ1v) is 13.2. The highest BCUT2D eigenvalue weighted by Gasteiger charge is 2.23. The van der Waals surface area contributed by atoms with Crippen molar-refractivity contribution in [2.24, 2.45) is 0 Å². The van der Waals surface area contributed by atoms with Crippen molar-refractivity contribution >= 4 is 51.0 Å². The van der Waals surface area contributed by atoms with Gasteiger partial charge in [-0.3, -0.25) is 9.00 Å². The zero-order valence-electron chi connectivity index (χ0n) is 20.8. The fourth-order valence-electron chi connectivity index (χ4n) is 4.42. The molecule has 3 aromatic carbocycles. The molecular weight excluding hydrogens is 514 g/mol. The van der Waals surface area contributed by atoms with Crippen LogP contribution in [0, 0.1) is 13.8 Å². The van der Waals surface area contributed by atoms with Gasteiger partial charge in [-0.25, -0.2) is 9.78 Å². The van der Waals surface area contributed by atoms with E-state index in [1.807, 2.05) is 25.3 Å². The summed E-state index contributed by atoms with van der Waals surface area (Å²) in [6.45, 7) is 6.16. The number of nitrogens with zero attached hydrogens (tertiary/aromatic N) is 2. The molecule has 0 bridgehead atoms. The average molecular weight is 540 g/mol. The lowest BCUT2D eigenvalue weighted by atomic mass is 10.0. The number of nitrogens with one attached hydrogen (secondary N) is 1. The molecular formula is C27H26ClN3O5S. The standard InChI is InChI=1S/C27H26ClN3O5S/c1-5-31-23-13-17(28)10-11-21(23)30-27(31)37(35)14-20-16(3)24(36-4)15(2)12-22(20)29-25(32)18-8-6-7-9-19(18)26(33)34/h6-13H,5,14H2,1-4H3,(H,29,32)(H,33,34). The number of anilines is 1. The first-order chi connectivity index (χ1) is 17.7. The number of rotatable bonds is 8. The number of imidazole rings is 1. The third kappa shape index (κ3) is 5.10. The molecule has 0 saturated carbocycles. The summed E-state index contributed by atoms with van der Waals surface area (Å²) in [5.74, 6) is -1.11. The van der Waals surface area contributed by atoms with E-state index >= 15 is 0 Å². The van der Waals surface area contributed by atoms with Crippen LogP contribution in [-0.2, 0) is 23.1 Å². The van der Waals surface area contributed by atoms with Crippen LogP contribution in [0.3, 0.4) is 0 Å². The third-order valence-corrected chi connectivity index (χ3v) is 7.67. The molecule has 0 aliphatic carbocycles.